The van der Waals surface area contributed by atoms with Crippen molar-refractivity contribution in [2.45, 2.75) is 19.9 Å². The molecule has 0 bridgehead atoms. The summed E-state index contributed by atoms with van der Waals surface area (Å²) < 4.78 is 4.96. The molecule has 0 unspecified atom stereocenters. The summed E-state index contributed by atoms with van der Waals surface area (Å²) in [6.07, 6.45) is 3.59. The van der Waals surface area contributed by atoms with Gasteiger partial charge in [0, 0.05) is 37.1 Å². The minimum Gasteiger partial charge on any atom is -0.384 e. The van der Waals surface area contributed by atoms with E-state index >= 15 is 0 Å². The van der Waals surface area contributed by atoms with Gasteiger partial charge in [0.15, 0.2) is 0 Å². The van der Waals surface area contributed by atoms with Crippen LogP contribution in [-0.4, -0.2) is 18.9 Å². The maximum absolute atomic E-state index is 12.4. The van der Waals surface area contributed by atoms with Gasteiger partial charge in [0.05, 0.1) is 11.4 Å². The standard InChI is InChI=1S/C16H19N5O/c1-11(2)20-7-8-21(16(20)22)13-6-4-5-12(9-13)14-10-15(17)19(3)18-14/h4-11H,17H2,1-3H3. The lowest BCUT2D eigenvalue weighted by Gasteiger charge is -2.06. The minimum atomic E-state index is -0.0484. The van der Waals surface area contributed by atoms with Crippen LogP contribution in [0.5, 0.6) is 0 Å². The molecule has 0 aliphatic rings. The van der Waals surface area contributed by atoms with Gasteiger partial charge in [-0.2, -0.15) is 5.10 Å². The Kier molecular flexibility index (Phi) is 3.36. The predicted octanol–water partition coefficient (Wildman–Crippen LogP) is 2.20. The molecule has 0 aliphatic carbocycles. The first kappa shape index (κ1) is 14.2. The van der Waals surface area contributed by atoms with Gasteiger partial charge in [-0.05, 0) is 26.0 Å². The largest absolute Gasteiger partial charge is 0.384 e. The second kappa shape index (κ2) is 5.22. The third-order valence-corrected chi connectivity index (χ3v) is 3.70. The van der Waals surface area contributed by atoms with Crippen molar-refractivity contribution in [3.05, 3.63) is 53.2 Å². The average molecular weight is 297 g/mol. The van der Waals surface area contributed by atoms with E-state index in [2.05, 4.69) is 5.10 Å². The molecule has 22 heavy (non-hydrogen) atoms. The molecule has 6 nitrogen and oxygen atoms in total. The third-order valence-electron chi connectivity index (χ3n) is 3.70. The lowest BCUT2D eigenvalue weighted by Crippen LogP contribution is -2.24. The van der Waals surface area contributed by atoms with Crippen molar-refractivity contribution in [1.29, 1.82) is 0 Å². The quantitative estimate of drug-likeness (QED) is 0.805. The van der Waals surface area contributed by atoms with E-state index in [0.717, 1.165) is 16.9 Å². The molecule has 2 heterocycles. The van der Waals surface area contributed by atoms with Gasteiger partial charge in [0.2, 0.25) is 0 Å². The van der Waals surface area contributed by atoms with E-state index in [0.29, 0.717) is 5.82 Å². The second-order valence-electron chi connectivity index (χ2n) is 5.58. The van der Waals surface area contributed by atoms with Gasteiger partial charge in [-0.1, -0.05) is 12.1 Å². The molecule has 0 amide bonds. The lowest BCUT2D eigenvalue weighted by molar-refractivity contribution is 0.574. The molecule has 0 saturated carbocycles. The normalized spacial score (nSPS) is 11.3. The average Bonchev–Trinajstić information content (AvgIpc) is 3.03. The van der Waals surface area contributed by atoms with Crippen LogP contribution in [0.2, 0.25) is 0 Å². The van der Waals surface area contributed by atoms with Gasteiger partial charge in [-0.3, -0.25) is 13.8 Å². The van der Waals surface area contributed by atoms with Crippen molar-refractivity contribution < 1.29 is 0 Å². The van der Waals surface area contributed by atoms with Crippen LogP contribution in [-0.2, 0) is 7.05 Å². The van der Waals surface area contributed by atoms with Gasteiger partial charge in [-0.25, -0.2) is 4.79 Å². The van der Waals surface area contributed by atoms with E-state index in [1.807, 2.05) is 44.2 Å². The van der Waals surface area contributed by atoms with Crippen LogP contribution >= 0.6 is 0 Å². The Bertz CT molecular complexity index is 849. The number of benzene rings is 1. The first-order valence-corrected chi connectivity index (χ1v) is 7.17. The van der Waals surface area contributed by atoms with Gasteiger partial charge < -0.3 is 5.73 Å². The number of nitrogens with two attached hydrogens (primary N) is 1. The highest BCUT2D eigenvalue weighted by molar-refractivity contribution is 5.64. The molecule has 0 atom stereocenters. The molecule has 2 aromatic heterocycles. The van der Waals surface area contributed by atoms with E-state index in [1.54, 1.807) is 33.3 Å². The van der Waals surface area contributed by atoms with Crippen LogP contribution < -0.4 is 11.4 Å². The molecular formula is C16H19N5O. The zero-order valence-corrected chi connectivity index (χ0v) is 12.9. The molecule has 0 saturated heterocycles. The summed E-state index contributed by atoms with van der Waals surface area (Å²) >= 11 is 0. The smallest absolute Gasteiger partial charge is 0.332 e. The predicted molar refractivity (Wildman–Crippen MR) is 87.0 cm³/mol. The highest BCUT2D eigenvalue weighted by atomic mass is 16.1. The molecule has 0 aliphatic heterocycles. The summed E-state index contributed by atoms with van der Waals surface area (Å²) in [6, 6.07) is 9.66. The first-order valence-electron chi connectivity index (χ1n) is 7.17. The Labute approximate surface area is 128 Å². The molecule has 0 spiro atoms. The summed E-state index contributed by atoms with van der Waals surface area (Å²) in [6.45, 7) is 3.97. The number of nitrogens with zero attached hydrogens (tertiary/aromatic N) is 4. The number of nitrogen functional groups attached to an aromatic ring is 1. The summed E-state index contributed by atoms with van der Waals surface area (Å²) in [5.74, 6) is 0.600. The van der Waals surface area contributed by atoms with Crippen LogP contribution in [0.3, 0.4) is 0 Å². The SMILES string of the molecule is CC(C)n1ccn(-c2cccc(-c3cc(N)n(C)n3)c2)c1=O. The van der Waals surface area contributed by atoms with Crippen molar-refractivity contribution in [2.24, 2.45) is 7.05 Å². The molecule has 114 valence electrons. The van der Waals surface area contributed by atoms with Crippen molar-refractivity contribution in [1.82, 2.24) is 18.9 Å². The molecular weight excluding hydrogens is 278 g/mol. The highest BCUT2D eigenvalue weighted by Gasteiger charge is 2.10. The zero-order valence-electron chi connectivity index (χ0n) is 12.9. The van der Waals surface area contributed by atoms with Crippen molar-refractivity contribution >= 4 is 5.82 Å². The molecule has 6 heteroatoms. The van der Waals surface area contributed by atoms with E-state index in [4.69, 9.17) is 5.73 Å². The number of hydrogen-bond donors (Lipinski definition) is 1. The maximum atomic E-state index is 12.4. The summed E-state index contributed by atoms with van der Waals surface area (Å²) in [4.78, 5) is 12.4. The lowest BCUT2D eigenvalue weighted by atomic mass is 10.1. The van der Waals surface area contributed by atoms with Crippen LogP contribution in [0.25, 0.3) is 16.9 Å². The van der Waals surface area contributed by atoms with Crippen LogP contribution in [0.4, 0.5) is 5.82 Å². The Hall–Kier alpha value is -2.76. The Balaban J connectivity index is 2.07. The molecule has 0 radical (unpaired) electrons. The summed E-state index contributed by atoms with van der Waals surface area (Å²) in [5.41, 5.74) is 8.31. The second-order valence-corrected chi connectivity index (χ2v) is 5.58. The highest BCUT2D eigenvalue weighted by Crippen LogP contribution is 2.22. The van der Waals surface area contributed by atoms with Gasteiger partial charge in [0.25, 0.3) is 0 Å². The first-order chi connectivity index (χ1) is 10.5. The molecule has 1 aromatic carbocycles. The Morgan fingerprint density at radius 3 is 2.55 bits per heavy atom. The zero-order chi connectivity index (χ0) is 15.9. The topological polar surface area (TPSA) is 70.8 Å². The number of anilines is 1. The van der Waals surface area contributed by atoms with E-state index in [1.165, 1.54) is 0 Å². The fourth-order valence-electron chi connectivity index (χ4n) is 2.42. The number of aromatic nitrogens is 4. The van der Waals surface area contributed by atoms with Crippen molar-refractivity contribution in [3.8, 4) is 16.9 Å². The minimum absolute atomic E-state index is 0.0484. The number of imidazole rings is 1. The molecule has 0 fully saturated rings. The molecule has 3 rings (SSSR count). The maximum Gasteiger partial charge on any atom is 0.332 e. The number of aryl methyl sites for hydroxylation is 1. The van der Waals surface area contributed by atoms with Crippen LogP contribution in [0, 0.1) is 0 Å². The summed E-state index contributed by atoms with van der Waals surface area (Å²) in [5, 5.41) is 4.37. The van der Waals surface area contributed by atoms with Gasteiger partial charge >= 0.3 is 5.69 Å². The van der Waals surface area contributed by atoms with Crippen LogP contribution in [0.1, 0.15) is 19.9 Å². The van der Waals surface area contributed by atoms with Gasteiger partial charge in [0.1, 0.15) is 5.82 Å². The third kappa shape index (κ3) is 2.32. The Morgan fingerprint density at radius 2 is 1.95 bits per heavy atom. The molecule has 2 N–H and O–H groups in total. The number of rotatable bonds is 3. The summed E-state index contributed by atoms with van der Waals surface area (Å²) in [7, 11) is 1.80. The van der Waals surface area contributed by atoms with Gasteiger partial charge in [-0.15, -0.1) is 0 Å². The van der Waals surface area contributed by atoms with E-state index in [-0.39, 0.29) is 11.7 Å². The van der Waals surface area contributed by atoms with E-state index in [9.17, 15) is 4.79 Å². The Morgan fingerprint density at radius 1 is 1.18 bits per heavy atom. The number of hydrogen-bond acceptors (Lipinski definition) is 3. The van der Waals surface area contributed by atoms with Crippen molar-refractivity contribution in [2.75, 3.05) is 5.73 Å². The monoisotopic (exact) mass is 297 g/mol. The fraction of sp³-hybridized carbons (Fsp3) is 0.250. The van der Waals surface area contributed by atoms with E-state index < -0.39 is 0 Å². The fourth-order valence-corrected chi connectivity index (χ4v) is 2.42. The van der Waals surface area contributed by atoms with Crippen LogP contribution in [0.15, 0.2) is 47.5 Å². The van der Waals surface area contributed by atoms with Crippen molar-refractivity contribution in [3.63, 3.8) is 0 Å². The molecule has 3 aromatic rings.